The lowest BCUT2D eigenvalue weighted by Gasteiger charge is -2.09. The number of ether oxygens (including phenoxy) is 1. The Labute approximate surface area is 112 Å². The van der Waals surface area contributed by atoms with Crippen molar-refractivity contribution in [3.63, 3.8) is 0 Å². The summed E-state index contributed by atoms with van der Waals surface area (Å²) in [6.45, 7) is 0. The molecular formula is C13H10Br2O. The molecule has 0 atom stereocenters. The van der Waals surface area contributed by atoms with Crippen LogP contribution in [0.3, 0.4) is 0 Å². The van der Waals surface area contributed by atoms with Gasteiger partial charge in [-0.1, -0.05) is 44.0 Å². The molecule has 0 heterocycles. The number of halogens is 2. The van der Waals surface area contributed by atoms with Crippen LogP contribution in [-0.4, -0.2) is 7.11 Å². The number of benzene rings is 2. The van der Waals surface area contributed by atoms with E-state index in [4.69, 9.17) is 4.74 Å². The van der Waals surface area contributed by atoms with E-state index in [0.717, 1.165) is 25.8 Å². The van der Waals surface area contributed by atoms with Gasteiger partial charge in [0.1, 0.15) is 5.75 Å². The van der Waals surface area contributed by atoms with Crippen molar-refractivity contribution < 1.29 is 4.74 Å². The topological polar surface area (TPSA) is 9.23 Å². The molecule has 0 saturated heterocycles. The van der Waals surface area contributed by atoms with E-state index in [0.29, 0.717) is 0 Å². The highest BCUT2D eigenvalue weighted by Gasteiger charge is 2.05. The van der Waals surface area contributed by atoms with Crippen LogP contribution < -0.4 is 4.74 Å². The zero-order chi connectivity index (χ0) is 11.5. The minimum atomic E-state index is 0.872. The molecule has 0 fully saturated rings. The molecule has 0 N–H and O–H groups in total. The molecule has 1 nitrogen and oxygen atoms in total. The molecule has 0 amide bonds. The summed E-state index contributed by atoms with van der Waals surface area (Å²) in [6.07, 6.45) is 0. The highest BCUT2D eigenvalue weighted by Crippen LogP contribution is 2.32. The van der Waals surface area contributed by atoms with Crippen molar-refractivity contribution in [2.45, 2.75) is 0 Å². The lowest BCUT2D eigenvalue weighted by Crippen LogP contribution is -1.87. The number of rotatable bonds is 2. The van der Waals surface area contributed by atoms with Crippen LogP contribution in [0.4, 0.5) is 0 Å². The van der Waals surface area contributed by atoms with Gasteiger partial charge in [-0.05, 0) is 35.9 Å². The SMILES string of the molecule is COc1cc(Br)ccc1-c1ccc(Br)cc1. The van der Waals surface area contributed by atoms with Gasteiger partial charge >= 0.3 is 0 Å². The first kappa shape index (κ1) is 11.7. The normalized spacial score (nSPS) is 10.2. The first-order chi connectivity index (χ1) is 7.70. The maximum absolute atomic E-state index is 5.37. The van der Waals surface area contributed by atoms with Gasteiger partial charge in [0.05, 0.1) is 7.11 Å². The lowest BCUT2D eigenvalue weighted by atomic mass is 10.1. The van der Waals surface area contributed by atoms with Gasteiger partial charge in [-0.3, -0.25) is 0 Å². The Morgan fingerprint density at radius 2 is 1.50 bits per heavy atom. The van der Waals surface area contributed by atoms with Gasteiger partial charge in [0.15, 0.2) is 0 Å². The zero-order valence-corrected chi connectivity index (χ0v) is 11.9. The van der Waals surface area contributed by atoms with E-state index in [9.17, 15) is 0 Å². The van der Waals surface area contributed by atoms with E-state index < -0.39 is 0 Å². The minimum absolute atomic E-state index is 0.872. The van der Waals surface area contributed by atoms with E-state index in [1.807, 2.05) is 30.3 Å². The van der Waals surface area contributed by atoms with Gasteiger partial charge in [-0.15, -0.1) is 0 Å². The van der Waals surface area contributed by atoms with Crippen LogP contribution in [0.15, 0.2) is 51.4 Å². The second kappa shape index (κ2) is 5.02. The van der Waals surface area contributed by atoms with E-state index in [1.54, 1.807) is 7.11 Å². The smallest absolute Gasteiger partial charge is 0.127 e. The van der Waals surface area contributed by atoms with Crippen molar-refractivity contribution in [3.05, 3.63) is 51.4 Å². The summed E-state index contributed by atoms with van der Waals surface area (Å²) in [5.41, 5.74) is 2.24. The van der Waals surface area contributed by atoms with Gasteiger partial charge < -0.3 is 4.74 Å². The summed E-state index contributed by atoms with van der Waals surface area (Å²) in [4.78, 5) is 0. The maximum Gasteiger partial charge on any atom is 0.127 e. The van der Waals surface area contributed by atoms with Gasteiger partial charge in [-0.2, -0.15) is 0 Å². The summed E-state index contributed by atoms with van der Waals surface area (Å²) in [7, 11) is 1.68. The van der Waals surface area contributed by atoms with Crippen molar-refractivity contribution in [1.29, 1.82) is 0 Å². The summed E-state index contributed by atoms with van der Waals surface area (Å²) < 4.78 is 7.46. The highest BCUT2D eigenvalue weighted by atomic mass is 79.9. The van der Waals surface area contributed by atoms with Crippen LogP contribution >= 0.6 is 31.9 Å². The zero-order valence-electron chi connectivity index (χ0n) is 8.71. The molecule has 2 rings (SSSR count). The summed E-state index contributed by atoms with van der Waals surface area (Å²) in [6, 6.07) is 14.2. The third kappa shape index (κ3) is 2.47. The van der Waals surface area contributed by atoms with Crippen LogP contribution in [-0.2, 0) is 0 Å². The molecule has 3 heteroatoms. The van der Waals surface area contributed by atoms with Gasteiger partial charge in [0.2, 0.25) is 0 Å². The van der Waals surface area contributed by atoms with E-state index in [-0.39, 0.29) is 0 Å². The second-order valence-electron chi connectivity index (χ2n) is 3.35. The minimum Gasteiger partial charge on any atom is -0.496 e. The predicted molar refractivity (Wildman–Crippen MR) is 73.8 cm³/mol. The maximum atomic E-state index is 5.37. The van der Waals surface area contributed by atoms with Crippen molar-refractivity contribution in [1.82, 2.24) is 0 Å². The molecule has 2 aromatic rings. The molecule has 0 radical (unpaired) electrons. The van der Waals surface area contributed by atoms with Crippen LogP contribution in [0, 0.1) is 0 Å². The fraction of sp³-hybridized carbons (Fsp3) is 0.0769. The molecule has 16 heavy (non-hydrogen) atoms. The Morgan fingerprint density at radius 3 is 2.12 bits per heavy atom. The number of hydrogen-bond acceptors (Lipinski definition) is 1. The Morgan fingerprint density at radius 1 is 0.875 bits per heavy atom. The molecular weight excluding hydrogens is 332 g/mol. The van der Waals surface area contributed by atoms with E-state index >= 15 is 0 Å². The predicted octanol–water partition coefficient (Wildman–Crippen LogP) is 4.89. The van der Waals surface area contributed by atoms with E-state index in [2.05, 4.69) is 44.0 Å². The van der Waals surface area contributed by atoms with Crippen molar-refractivity contribution in [3.8, 4) is 16.9 Å². The average Bonchev–Trinajstić information content (AvgIpc) is 2.30. The monoisotopic (exact) mass is 340 g/mol. The average molecular weight is 342 g/mol. The van der Waals surface area contributed by atoms with Crippen LogP contribution in [0.2, 0.25) is 0 Å². The summed E-state index contributed by atoms with van der Waals surface area (Å²) in [5.74, 6) is 0.872. The molecule has 0 aliphatic heterocycles. The molecule has 0 bridgehead atoms. The quantitative estimate of drug-likeness (QED) is 0.755. The Hall–Kier alpha value is -0.800. The number of hydrogen-bond donors (Lipinski definition) is 0. The molecule has 0 saturated carbocycles. The molecule has 0 spiro atoms. The third-order valence-electron chi connectivity index (χ3n) is 2.32. The Balaban J connectivity index is 2.51. The van der Waals surface area contributed by atoms with Gasteiger partial charge in [0.25, 0.3) is 0 Å². The van der Waals surface area contributed by atoms with Crippen molar-refractivity contribution >= 4 is 31.9 Å². The second-order valence-corrected chi connectivity index (χ2v) is 5.18. The van der Waals surface area contributed by atoms with Crippen LogP contribution in [0.25, 0.3) is 11.1 Å². The molecule has 0 aromatic heterocycles. The molecule has 82 valence electrons. The summed E-state index contributed by atoms with van der Waals surface area (Å²) in [5, 5.41) is 0. The third-order valence-corrected chi connectivity index (χ3v) is 3.34. The summed E-state index contributed by atoms with van der Waals surface area (Å²) >= 11 is 6.86. The highest BCUT2D eigenvalue weighted by molar-refractivity contribution is 9.10. The lowest BCUT2D eigenvalue weighted by molar-refractivity contribution is 0.416. The van der Waals surface area contributed by atoms with E-state index in [1.165, 1.54) is 0 Å². The first-order valence-corrected chi connectivity index (χ1v) is 6.39. The molecule has 0 aliphatic carbocycles. The largest absolute Gasteiger partial charge is 0.496 e. The van der Waals surface area contributed by atoms with Crippen molar-refractivity contribution in [2.75, 3.05) is 7.11 Å². The van der Waals surface area contributed by atoms with Crippen LogP contribution in [0.1, 0.15) is 0 Å². The first-order valence-electron chi connectivity index (χ1n) is 4.80. The Kier molecular flexibility index (Phi) is 3.66. The number of methoxy groups -OCH3 is 1. The molecule has 0 aliphatic rings. The fourth-order valence-corrected chi connectivity index (χ4v) is 2.14. The van der Waals surface area contributed by atoms with Crippen LogP contribution in [0.5, 0.6) is 5.75 Å². The van der Waals surface area contributed by atoms with Crippen molar-refractivity contribution in [2.24, 2.45) is 0 Å². The Bertz CT molecular complexity index is 492. The van der Waals surface area contributed by atoms with Gasteiger partial charge in [-0.25, -0.2) is 0 Å². The standard InChI is InChI=1S/C13H10Br2O/c1-16-13-8-11(15)6-7-12(13)9-2-4-10(14)5-3-9/h2-8H,1H3. The fourth-order valence-electron chi connectivity index (χ4n) is 1.53. The molecule has 2 aromatic carbocycles. The van der Waals surface area contributed by atoms with Gasteiger partial charge in [0, 0.05) is 14.5 Å². The molecule has 0 unspecified atom stereocenters.